The Kier molecular flexibility index (Phi) is 6.54. The molecule has 30 heavy (non-hydrogen) atoms. The van der Waals surface area contributed by atoms with Crippen LogP contribution >= 0.6 is 0 Å². The molecule has 0 fully saturated rings. The van der Waals surface area contributed by atoms with Gasteiger partial charge < -0.3 is 24.8 Å². The van der Waals surface area contributed by atoms with Gasteiger partial charge in [0.2, 0.25) is 5.75 Å². The van der Waals surface area contributed by atoms with Gasteiger partial charge in [-0.05, 0) is 42.5 Å². The normalized spacial score (nSPS) is 10.1. The molecule has 3 aromatic carbocycles. The van der Waals surface area contributed by atoms with Gasteiger partial charge in [-0.2, -0.15) is 0 Å². The van der Waals surface area contributed by atoms with E-state index in [0.717, 1.165) is 0 Å². The Morgan fingerprint density at radius 1 is 0.633 bits per heavy atom. The van der Waals surface area contributed by atoms with E-state index < -0.39 is 0 Å². The number of carbonyl (C=O) groups excluding carboxylic acids is 2. The number of rotatable bonds is 7. The van der Waals surface area contributed by atoms with Crippen molar-refractivity contribution in [2.45, 2.75) is 0 Å². The van der Waals surface area contributed by atoms with Crippen molar-refractivity contribution in [1.29, 1.82) is 0 Å². The molecule has 0 aliphatic carbocycles. The topological polar surface area (TPSA) is 85.9 Å². The van der Waals surface area contributed by atoms with Crippen molar-refractivity contribution < 1.29 is 23.8 Å². The summed E-state index contributed by atoms with van der Waals surface area (Å²) in [6.07, 6.45) is 0. The minimum atomic E-state index is -0.380. The molecule has 3 aromatic rings. The summed E-state index contributed by atoms with van der Waals surface area (Å²) >= 11 is 0. The van der Waals surface area contributed by atoms with Crippen molar-refractivity contribution in [2.24, 2.45) is 0 Å². The molecular weight excluding hydrogens is 384 g/mol. The quantitative estimate of drug-likeness (QED) is 0.614. The van der Waals surface area contributed by atoms with Crippen molar-refractivity contribution in [2.75, 3.05) is 32.0 Å². The second-order valence-electron chi connectivity index (χ2n) is 6.27. The van der Waals surface area contributed by atoms with Gasteiger partial charge >= 0.3 is 0 Å². The Bertz CT molecular complexity index is 1030. The van der Waals surface area contributed by atoms with Crippen LogP contribution in [-0.4, -0.2) is 33.1 Å². The Morgan fingerprint density at radius 3 is 1.80 bits per heavy atom. The van der Waals surface area contributed by atoms with E-state index in [9.17, 15) is 9.59 Å². The van der Waals surface area contributed by atoms with Gasteiger partial charge in [0, 0.05) is 22.5 Å². The van der Waals surface area contributed by atoms with Gasteiger partial charge in [-0.25, -0.2) is 0 Å². The molecule has 0 aliphatic rings. The van der Waals surface area contributed by atoms with E-state index in [1.165, 1.54) is 21.3 Å². The lowest BCUT2D eigenvalue weighted by atomic mass is 10.1. The zero-order chi connectivity index (χ0) is 21.5. The van der Waals surface area contributed by atoms with Crippen LogP contribution in [0.2, 0.25) is 0 Å². The number of amides is 2. The first-order valence-corrected chi connectivity index (χ1v) is 9.13. The summed E-state index contributed by atoms with van der Waals surface area (Å²) < 4.78 is 15.9. The van der Waals surface area contributed by atoms with Gasteiger partial charge in [-0.1, -0.05) is 24.3 Å². The van der Waals surface area contributed by atoms with Crippen molar-refractivity contribution in [1.82, 2.24) is 0 Å². The first-order valence-electron chi connectivity index (χ1n) is 9.13. The number of hydrogen-bond acceptors (Lipinski definition) is 5. The Labute approximate surface area is 174 Å². The van der Waals surface area contributed by atoms with Crippen LogP contribution in [0.15, 0.2) is 66.7 Å². The molecule has 0 bridgehead atoms. The van der Waals surface area contributed by atoms with E-state index in [-0.39, 0.29) is 11.8 Å². The zero-order valence-corrected chi connectivity index (χ0v) is 16.9. The summed E-state index contributed by atoms with van der Waals surface area (Å²) in [4.78, 5) is 25.2. The van der Waals surface area contributed by atoms with Crippen LogP contribution in [0.3, 0.4) is 0 Å². The van der Waals surface area contributed by atoms with Crippen LogP contribution in [0.25, 0.3) is 0 Å². The minimum Gasteiger partial charge on any atom is -0.493 e. The van der Waals surface area contributed by atoms with Crippen molar-refractivity contribution in [3.63, 3.8) is 0 Å². The first kappa shape index (κ1) is 20.7. The standard InChI is InChI=1S/C23H22N2O5/c1-28-19-13-16(14-20(29-2)21(19)30-3)23(27)25-18-11-7-8-15(12-18)22(26)24-17-9-5-4-6-10-17/h4-14H,1-3H3,(H,24,26)(H,25,27). The monoisotopic (exact) mass is 406 g/mol. The number of carbonyl (C=O) groups is 2. The highest BCUT2D eigenvalue weighted by Crippen LogP contribution is 2.38. The second-order valence-corrected chi connectivity index (χ2v) is 6.27. The number of anilines is 2. The highest BCUT2D eigenvalue weighted by atomic mass is 16.5. The van der Waals surface area contributed by atoms with Crippen molar-refractivity contribution in [3.05, 3.63) is 77.9 Å². The molecule has 0 heterocycles. The highest BCUT2D eigenvalue weighted by Gasteiger charge is 2.17. The third-order valence-electron chi connectivity index (χ3n) is 4.34. The largest absolute Gasteiger partial charge is 0.493 e. The van der Waals surface area contributed by atoms with Gasteiger partial charge in [0.15, 0.2) is 11.5 Å². The molecule has 0 saturated carbocycles. The molecule has 0 atom stereocenters. The Morgan fingerprint density at radius 2 is 1.20 bits per heavy atom. The second kappa shape index (κ2) is 9.47. The lowest BCUT2D eigenvalue weighted by molar-refractivity contribution is 0.101. The van der Waals surface area contributed by atoms with Gasteiger partial charge in [0.05, 0.1) is 21.3 Å². The van der Waals surface area contributed by atoms with Crippen LogP contribution in [-0.2, 0) is 0 Å². The van der Waals surface area contributed by atoms with Gasteiger partial charge in [-0.3, -0.25) is 9.59 Å². The molecule has 7 heteroatoms. The summed E-state index contributed by atoms with van der Waals surface area (Å²) in [5.41, 5.74) is 1.91. The lowest BCUT2D eigenvalue weighted by Crippen LogP contribution is -2.15. The predicted octanol–water partition coefficient (Wildman–Crippen LogP) is 4.22. The molecule has 0 spiro atoms. The summed E-state index contributed by atoms with van der Waals surface area (Å²) in [6, 6.07) is 18.9. The van der Waals surface area contributed by atoms with Crippen LogP contribution in [0.1, 0.15) is 20.7 Å². The number of ether oxygens (including phenoxy) is 3. The van der Waals surface area contributed by atoms with Gasteiger partial charge in [0.25, 0.3) is 11.8 Å². The number of benzene rings is 3. The van der Waals surface area contributed by atoms with E-state index in [0.29, 0.717) is 39.8 Å². The van der Waals surface area contributed by atoms with Crippen LogP contribution in [0, 0.1) is 0 Å². The molecule has 7 nitrogen and oxygen atoms in total. The molecule has 0 aromatic heterocycles. The molecule has 2 N–H and O–H groups in total. The number of hydrogen-bond donors (Lipinski definition) is 2. The fraction of sp³-hybridized carbons (Fsp3) is 0.130. The molecule has 3 rings (SSSR count). The number of nitrogens with one attached hydrogen (secondary N) is 2. The molecule has 154 valence electrons. The Balaban J connectivity index is 1.79. The summed E-state index contributed by atoms with van der Waals surface area (Å²) in [5, 5.41) is 5.60. The average molecular weight is 406 g/mol. The maximum atomic E-state index is 12.8. The zero-order valence-electron chi connectivity index (χ0n) is 16.9. The molecule has 0 radical (unpaired) electrons. The van der Waals surface area contributed by atoms with Gasteiger partial charge in [0.1, 0.15) is 0 Å². The maximum absolute atomic E-state index is 12.8. The number of para-hydroxylation sites is 1. The Hall–Kier alpha value is -4.00. The predicted molar refractivity (Wildman–Crippen MR) is 115 cm³/mol. The van der Waals surface area contributed by atoms with E-state index >= 15 is 0 Å². The van der Waals surface area contributed by atoms with E-state index in [1.807, 2.05) is 18.2 Å². The van der Waals surface area contributed by atoms with E-state index in [1.54, 1.807) is 48.5 Å². The SMILES string of the molecule is COc1cc(C(=O)Nc2cccc(C(=O)Nc3ccccc3)c2)cc(OC)c1OC. The third-order valence-corrected chi connectivity index (χ3v) is 4.34. The van der Waals surface area contributed by atoms with Crippen LogP contribution in [0.4, 0.5) is 11.4 Å². The van der Waals surface area contributed by atoms with Crippen LogP contribution < -0.4 is 24.8 Å². The van der Waals surface area contributed by atoms with Crippen molar-refractivity contribution >= 4 is 23.2 Å². The summed E-state index contributed by atoms with van der Waals surface area (Å²) in [7, 11) is 4.45. The summed E-state index contributed by atoms with van der Waals surface area (Å²) in [6.45, 7) is 0. The van der Waals surface area contributed by atoms with Crippen molar-refractivity contribution in [3.8, 4) is 17.2 Å². The van der Waals surface area contributed by atoms with Gasteiger partial charge in [-0.15, -0.1) is 0 Å². The fourth-order valence-electron chi connectivity index (χ4n) is 2.88. The van der Waals surface area contributed by atoms with E-state index in [4.69, 9.17) is 14.2 Å². The molecule has 0 aliphatic heterocycles. The molecule has 0 unspecified atom stereocenters. The number of methoxy groups -OCH3 is 3. The minimum absolute atomic E-state index is 0.273. The maximum Gasteiger partial charge on any atom is 0.255 e. The summed E-state index contributed by atoms with van der Waals surface area (Å²) in [5.74, 6) is 0.493. The smallest absolute Gasteiger partial charge is 0.255 e. The first-order chi connectivity index (χ1) is 14.5. The molecule has 0 saturated heterocycles. The average Bonchev–Trinajstić information content (AvgIpc) is 2.78. The lowest BCUT2D eigenvalue weighted by Gasteiger charge is -2.14. The molecule has 2 amide bonds. The fourth-order valence-corrected chi connectivity index (χ4v) is 2.88. The third kappa shape index (κ3) is 4.70. The van der Waals surface area contributed by atoms with E-state index in [2.05, 4.69) is 10.6 Å². The van der Waals surface area contributed by atoms with Crippen LogP contribution in [0.5, 0.6) is 17.2 Å². The highest BCUT2D eigenvalue weighted by molar-refractivity contribution is 6.07. The molecular formula is C23H22N2O5.